The number of nitrogens with zero attached hydrogens (tertiary/aromatic N) is 1. The Hall–Kier alpha value is -1.00. The number of hydrogen-bond acceptors (Lipinski definition) is 4. The lowest BCUT2D eigenvalue weighted by Crippen LogP contribution is -1.97. The van der Waals surface area contributed by atoms with Gasteiger partial charge in [-0.25, -0.2) is 4.98 Å². The lowest BCUT2D eigenvalue weighted by atomic mass is 10.1. The molecule has 0 saturated heterocycles. The third kappa shape index (κ3) is 2.47. The molecule has 0 atom stereocenters. The zero-order valence-electron chi connectivity index (χ0n) is 7.61. The summed E-state index contributed by atoms with van der Waals surface area (Å²) in [6.45, 7) is 2.33. The van der Waals surface area contributed by atoms with Gasteiger partial charge >= 0.3 is 0 Å². The Morgan fingerprint density at radius 2 is 2.54 bits per heavy atom. The molecule has 4 heteroatoms. The maximum atomic E-state index is 10.8. The quantitative estimate of drug-likeness (QED) is 0.545. The van der Waals surface area contributed by atoms with E-state index in [1.165, 1.54) is 11.3 Å². The Morgan fingerprint density at radius 3 is 3.00 bits per heavy atom. The Kier molecular flexibility index (Phi) is 3.79. The molecule has 0 radical (unpaired) electrons. The first kappa shape index (κ1) is 10.1. The zero-order valence-corrected chi connectivity index (χ0v) is 8.43. The van der Waals surface area contributed by atoms with Crippen LogP contribution in [0.5, 0.6) is 0 Å². The number of carbonyl (C=O) groups excluding carboxylic acids is 1. The molecular weight excluding hydrogens is 186 g/mol. The zero-order chi connectivity index (χ0) is 9.68. The number of rotatable bonds is 4. The number of ether oxygens (including phenoxy) is 1. The van der Waals surface area contributed by atoms with Crippen molar-refractivity contribution in [1.82, 2.24) is 4.98 Å². The van der Waals surface area contributed by atoms with Gasteiger partial charge in [-0.15, -0.1) is 11.3 Å². The highest BCUT2D eigenvalue weighted by Gasteiger charge is 2.06. The van der Waals surface area contributed by atoms with Crippen LogP contribution < -0.4 is 0 Å². The van der Waals surface area contributed by atoms with Gasteiger partial charge in [0, 0.05) is 18.1 Å². The molecule has 0 unspecified atom stereocenters. The molecule has 0 aliphatic rings. The summed E-state index contributed by atoms with van der Waals surface area (Å²) in [7, 11) is 1.60. The van der Waals surface area contributed by atoms with Crippen molar-refractivity contribution in [2.75, 3.05) is 13.7 Å². The molecule has 1 aromatic heterocycles. The summed E-state index contributed by atoms with van der Waals surface area (Å²) in [5, 5.41) is 1.85. The molecule has 1 heterocycles. The van der Waals surface area contributed by atoms with Gasteiger partial charge in [0.1, 0.15) is 0 Å². The van der Waals surface area contributed by atoms with Crippen LogP contribution in [0, 0.1) is 0 Å². The average Bonchev–Trinajstić information content (AvgIpc) is 2.59. The maximum absolute atomic E-state index is 10.8. The lowest BCUT2D eigenvalue weighted by molar-refractivity contribution is -0.103. The van der Waals surface area contributed by atoms with Crippen molar-refractivity contribution in [2.24, 2.45) is 0 Å². The summed E-state index contributed by atoms with van der Waals surface area (Å²) in [6, 6.07) is 0. The fourth-order valence-corrected chi connectivity index (χ4v) is 1.57. The molecule has 0 N–H and O–H groups in total. The average molecular weight is 197 g/mol. The number of allylic oxidation sites excluding steroid dienone is 1. The fourth-order valence-electron chi connectivity index (χ4n) is 1.02. The smallest absolute Gasteiger partial charge is 0.152 e. The van der Waals surface area contributed by atoms with Gasteiger partial charge in [0.05, 0.1) is 17.8 Å². The van der Waals surface area contributed by atoms with Crippen LogP contribution in [0.1, 0.15) is 12.6 Å². The molecule has 0 aromatic carbocycles. The second-order valence-corrected chi connectivity index (χ2v) is 3.34. The van der Waals surface area contributed by atoms with Crippen LogP contribution in [0.4, 0.5) is 0 Å². The van der Waals surface area contributed by atoms with E-state index < -0.39 is 0 Å². The number of aldehydes is 1. The van der Waals surface area contributed by atoms with Gasteiger partial charge in [-0.2, -0.15) is 0 Å². The molecule has 70 valence electrons. The highest BCUT2D eigenvalue weighted by Crippen LogP contribution is 2.16. The Morgan fingerprint density at radius 1 is 1.77 bits per heavy atom. The summed E-state index contributed by atoms with van der Waals surface area (Å²) in [4.78, 5) is 14.8. The summed E-state index contributed by atoms with van der Waals surface area (Å²) in [6.07, 6.45) is 0.823. The molecule has 0 fully saturated rings. The molecule has 1 rings (SSSR count). The van der Waals surface area contributed by atoms with Crippen LogP contribution in [0.3, 0.4) is 0 Å². The number of hydrogen-bond donors (Lipinski definition) is 0. The Balaban J connectivity index is 2.96. The van der Waals surface area contributed by atoms with Crippen molar-refractivity contribution < 1.29 is 9.53 Å². The van der Waals surface area contributed by atoms with Crippen LogP contribution in [-0.4, -0.2) is 25.0 Å². The van der Waals surface area contributed by atoms with E-state index in [0.29, 0.717) is 12.2 Å². The first-order valence-corrected chi connectivity index (χ1v) is 4.76. The van der Waals surface area contributed by atoms with Crippen LogP contribution >= 0.6 is 11.3 Å². The van der Waals surface area contributed by atoms with Gasteiger partial charge in [-0.3, -0.25) is 4.79 Å². The van der Waals surface area contributed by atoms with E-state index in [1.54, 1.807) is 12.6 Å². The van der Waals surface area contributed by atoms with Crippen molar-refractivity contribution >= 4 is 23.2 Å². The van der Waals surface area contributed by atoms with Gasteiger partial charge in [-0.05, 0) is 12.5 Å². The minimum atomic E-state index is 0.464. The van der Waals surface area contributed by atoms with Crippen LogP contribution in [-0.2, 0) is 9.53 Å². The van der Waals surface area contributed by atoms with Crippen molar-refractivity contribution in [3.63, 3.8) is 0 Å². The minimum absolute atomic E-state index is 0.464. The lowest BCUT2D eigenvalue weighted by Gasteiger charge is -2.02. The van der Waals surface area contributed by atoms with E-state index in [4.69, 9.17) is 4.74 Å². The molecule has 0 aliphatic heterocycles. The number of thiazole rings is 1. The summed E-state index contributed by atoms with van der Waals surface area (Å²) in [5.41, 5.74) is 3.97. The summed E-state index contributed by atoms with van der Waals surface area (Å²) >= 11 is 1.47. The van der Waals surface area contributed by atoms with Crippen molar-refractivity contribution in [3.05, 3.63) is 22.2 Å². The normalized spacial score (nSPS) is 12.5. The van der Waals surface area contributed by atoms with Crippen molar-refractivity contribution in [2.45, 2.75) is 6.92 Å². The van der Waals surface area contributed by atoms with Crippen molar-refractivity contribution in [3.8, 4) is 0 Å². The maximum Gasteiger partial charge on any atom is 0.152 e. The topological polar surface area (TPSA) is 39.2 Å². The van der Waals surface area contributed by atoms with E-state index in [9.17, 15) is 4.79 Å². The van der Waals surface area contributed by atoms with Gasteiger partial charge in [0.2, 0.25) is 0 Å². The third-order valence-electron chi connectivity index (χ3n) is 1.65. The number of aromatic nitrogens is 1. The Labute approximate surface area is 81.1 Å². The minimum Gasteiger partial charge on any atom is -0.380 e. The van der Waals surface area contributed by atoms with Gasteiger partial charge in [-0.1, -0.05) is 0 Å². The second-order valence-electron chi connectivity index (χ2n) is 2.62. The molecule has 3 nitrogen and oxygen atoms in total. The molecule has 1 aromatic rings. The monoisotopic (exact) mass is 197 g/mol. The molecule has 0 aliphatic carbocycles. The molecule has 0 spiro atoms. The number of carbonyl (C=O) groups is 1. The molecule has 0 saturated carbocycles. The summed E-state index contributed by atoms with van der Waals surface area (Å²) < 4.78 is 4.94. The molecule has 0 bridgehead atoms. The van der Waals surface area contributed by atoms with E-state index in [0.717, 1.165) is 17.6 Å². The predicted octanol–water partition coefficient (Wildman–Crippen LogP) is 1.76. The first-order chi connectivity index (χ1) is 6.29. The standard InChI is InChI=1S/C9H11NO2S/c1-7(4-12-2)8(3-11)9-5-13-6-10-9/h3,5-6H,4H2,1-2H3. The van der Waals surface area contributed by atoms with E-state index in [-0.39, 0.29) is 0 Å². The van der Waals surface area contributed by atoms with E-state index in [2.05, 4.69) is 4.98 Å². The molecule has 13 heavy (non-hydrogen) atoms. The molecule has 0 amide bonds. The third-order valence-corrected chi connectivity index (χ3v) is 2.23. The van der Waals surface area contributed by atoms with Crippen molar-refractivity contribution in [1.29, 1.82) is 0 Å². The predicted molar refractivity (Wildman–Crippen MR) is 52.6 cm³/mol. The highest BCUT2D eigenvalue weighted by molar-refractivity contribution is 7.07. The number of methoxy groups -OCH3 is 1. The molecular formula is C9H11NO2S. The highest BCUT2D eigenvalue weighted by atomic mass is 32.1. The Bertz CT molecular complexity index is 303. The van der Waals surface area contributed by atoms with Gasteiger partial charge < -0.3 is 4.74 Å². The van der Waals surface area contributed by atoms with Gasteiger partial charge in [0.15, 0.2) is 6.29 Å². The SMILES string of the molecule is COCC(C)=C(C=O)c1cscn1. The van der Waals surface area contributed by atoms with Crippen LogP contribution in [0.25, 0.3) is 5.57 Å². The summed E-state index contributed by atoms with van der Waals surface area (Å²) in [5.74, 6) is 0. The van der Waals surface area contributed by atoms with Crippen LogP contribution in [0.15, 0.2) is 16.5 Å². The van der Waals surface area contributed by atoms with Gasteiger partial charge in [0.25, 0.3) is 0 Å². The first-order valence-electron chi connectivity index (χ1n) is 3.82. The largest absolute Gasteiger partial charge is 0.380 e. The van der Waals surface area contributed by atoms with E-state index >= 15 is 0 Å². The fraction of sp³-hybridized carbons (Fsp3) is 0.333. The van der Waals surface area contributed by atoms with E-state index in [1.807, 2.05) is 12.3 Å². The van der Waals surface area contributed by atoms with Crippen LogP contribution in [0.2, 0.25) is 0 Å². The second kappa shape index (κ2) is 4.89.